The van der Waals surface area contributed by atoms with Crippen LogP contribution in [0.2, 0.25) is 5.02 Å². The summed E-state index contributed by atoms with van der Waals surface area (Å²) in [6, 6.07) is 18.9. The van der Waals surface area contributed by atoms with Gasteiger partial charge < -0.3 is 9.73 Å². The van der Waals surface area contributed by atoms with Crippen LogP contribution in [0.5, 0.6) is 0 Å². The second-order valence-corrected chi connectivity index (χ2v) is 6.60. The first-order chi connectivity index (χ1) is 11.7. The first kappa shape index (κ1) is 14.9. The third-order valence-electron chi connectivity index (χ3n) is 3.48. The summed E-state index contributed by atoms with van der Waals surface area (Å²) in [7, 11) is 0. The van der Waals surface area contributed by atoms with Crippen molar-refractivity contribution in [3.05, 3.63) is 76.1 Å². The molecule has 1 N–H and O–H groups in total. The van der Waals surface area contributed by atoms with Gasteiger partial charge in [0.15, 0.2) is 0 Å². The van der Waals surface area contributed by atoms with E-state index in [0.29, 0.717) is 15.2 Å². The molecule has 0 unspecified atom stereocenters. The quantitative estimate of drug-likeness (QED) is 0.541. The molecule has 0 atom stereocenters. The highest BCUT2D eigenvalue weighted by atomic mass is 35.5. The van der Waals surface area contributed by atoms with E-state index in [2.05, 4.69) is 10.3 Å². The predicted octanol–water partition coefficient (Wildman–Crippen LogP) is 5.31. The number of rotatable bonds is 3. The van der Waals surface area contributed by atoms with Crippen molar-refractivity contribution in [2.24, 2.45) is 0 Å². The van der Waals surface area contributed by atoms with Crippen molar-refractivity contribution in [2.45, 2.75) is 0 Å². The Hall–Kier alpha value is -2.63. The lowest BCUT2D eigenvalue weighted by Gasteiger charge is -2.03. The lowest BCUT2D eigenvalue weighted by molar-refractivity contribution is 0.522. The first-order valence-corrected chi connectivity index (χ1v) is 8.41. The van der Waals surface area contributed by atoms with Crippen molar-refractivity contribution < 1.29 is 4.42 Å². The number of fused-ring (bicyclic) bond motifs is 1. The Morgan fingerprint density at radius 3 is 2.54 bits per heavy atom. The highest BCUT2D eigenvalue weighted by molar-refractivity contribution is 7.21. The maximum atomic E-state index is 12.2. The summed E-state index contributed by atoms with van der Waals surface area (Å²) in [5.41, 5.74) is 1.39. The van der Waals surface area contributed by atoms with Gasteiger partial charge in [0.2, 0.25) is 0 Å². The van der Waals surface area contributed by atoms with E-state index in [1.54, 1.807) is 24.3 Å². The summed E-state index contributed by atoms with van der Waals surface area (Å²) in [6.07, 6.45) is 0. The number of anilines is 2. The molecule has 2 heterocycles. The Morgan fingerprint density at radius 2 is 1.79 bits per heavy atom. The van der Waals surface area contributed by atoms with Gasteiger partial charge in [-0.15, -0.1) is 11.3 Å². The molecule has 0 bridgehead atoms. The minimum atomic E-state index is -0.408. The highest BCUT2D eigenvalue weighted by Crippen LogP contribution is 2.31. The molecule has 2 aromatic carbocycles. The maximum absolute atomic E-state index is 12.2. The van der Waals surface area contributed by atoms with Gasteiger partial charge in [-0.05, 0) is 35.9 Å². The van der Waals surface area contributed by atoms with Crippen molar-refractivity contribution >= 4 is 44.9 Å². The van der Waals surface area contributed by atoms with Crippen LogP contribution in [0.3, 0.4) is 0 Å². The third kappa shape index (κ3) is 2.91. The summed E-state index contributed by atoms with van der Waals surface area (Å²) in [5.74, 6) is 0. The van der Waals surface area contributed by atoms with Crippen molar-refractivity contribution in [3.63, 3.8) is 0 Å². The molecule has 24 heavy (non-hydrogen) atoms. The predicted molar refractivity (Wildman–Crippen MR) is 98.3 cm³/mol. The van der Waals surface area contributed by atoms with Gasteiger partial charge in [0.1, 0.15) is 4.83 Å². The molecule has 0 spiro atoms. The zero-order valence-electron chi connectivity index (χ0n) is 12.3. The zero-order valence-corrected chi connectivity index (χ0v) is 13.9. The van der Waals surface area contributed by atoms with Crippen molar-refractivity contribution in [1.82, 2.24) is 4.98 Å². The lowest BCUT2D eigenvalue weighted by atomic mass is 10.2. The van der Waals surface area contributed by atoms with E-state index in [0.717, 1.165) is 16.1 Å². The fourth-order valence-corrected chi connectivity index (χ4v) is 3.47. The number of halogens is 1. The monoisotopic (exact) mass is 354 g/mol. The number of thiophene rings is 1. The number of aromatic nitrogens is 1. The molecular formula is C18H11ClN2O2S. The molecule has 2 aromatic heterocycles. The molecule has 0 aliphatic heterocycles. The summed E-state index contributed by atoms with van der Waals surface area (Å²) >= 11 is 7.32. The Labute approximate surface area is 146 Å². The Kier molecular flexibility index (Phi) is 3.80. The maximum Gasteiger partial charge on any atom is 0.349 e. The Morgan fingerprint density at radius 1 is 1.04 bits per heavy atom. The molecule has 6 heteroatoms. The number of nitrogens with zero attached hydrogens (tertiary/aromatic N) is 1. The van der Waals surface area contributed by atoms with E-state index in [4.69, 9.17) is 16.0 Å². The lowest BCUT2D eigenvalue weighted by Crippen LogP contribution is -2.03. The standard InChI is InChI=1S/C18H11ClN2O2S/c19-12-6-8-13(9-7-12)20-18-21-16-14(17(22)23-18)10-15(24-16)11-4-2-1-3-5-11/h1-10H,(H,20,21). The molecule has 4 nitrogen and oxygen atoms in total. The molecule has 0 aliphatic carbocycles. The van der Waals surface area contributed by atoms with E-state index >= 15 is 0 Å². The van der Waals surface area contributed by atoms with E-state index in [1.165, 1.54) is 11.3 Å². The summed E-state index contributed by atoms with van der Waals surface area (Å²) in [4.78, 5) is 18.3. The largest absolute Gasteiger partial charge is 0.388 e. The van der Waals surface area contributed by atoms with Crippen LogP contribution in [0, 0.1) is 0 Å². The van der Waals surface area contributed by atoms with E-state index in [-0.39, 0.29) is 6.01 Å². The molecule has 4 rings (SSSR count). The summed E-state index contributed by atoms with van der Waals surface area (Å²) in [6.45, 7) is 0. The van der Waals surface area contributed by atoms with Gasteiger partial charge in [0.05, 0.1) is 5.39 Å². The van der Waals surface area contributed by atoms with Gasteiger partial charge in [0, 0.05) is 15.6 Å². The van der Waals surface area contributed by atoms with Crippen LogP contribution >= 0.6 is 22.9 Å². The number of hydrogen-bond acceptors (Lipinski definition) is 5. The van der Waals surface area contributed by atoms with Gasteiger partial charge in [0.25, 0.3) is 0 Å². The van der Waals surface area contributed by atoms with Crippen LogP contribution < -0.4 is 10.9 Å². The van der Waals surface area contributed by atoms with Gasteiger partial charge in [-0.1, -0.05) is 41.9 Å². The first-order valence-electron chi connectivity index (χ1n) is 7.22. The summed E-state index contributed by atoms with van der Waals surface area (Å²) in [5, 5.41) is 4.11. The van der Waals surface area contributed by atoms with Crippen LogP contribution in [-0.4, -0.2) is 4.98 Å². The molecule has 0 fully saturated rings. The topological polar surface area (TPSA) is 55.1 Å². The van der Waals surface area contributed by atoms with E-state index < -0.39 is 5.63 Å². The molecule has 0 saturated heterocycles. The van der Waals surface area contributed by atoms with Crippen LogP contribution in [0.1, 0.15) is 0 Å². The van der Waals surface area contributed by atoms with E-state index in [1.807, 2.05) is 36.4 Å². The second kappa shape index (κ2) is 6.11. The number of hydrogen-bond donors (Lipinski definition) is 1. The normalized spacial score (nSPS) is 10.9. The number of nitrogens with one attached hydrogen (secondary N) is 1. The van der Waals surface area contributed by atoms with Crippen molar-refractivity contribution in [3.8, 4) is 10.4 Å². The molecule has 4 aromatic rings. The van der Waals surface area contributed by atoms with Crippen molar-refractivity contribution in [2.75, 3.05) is 5.32 Å². The molecule has 0 saturated carbocycles. The van der Waals surface area contributed by atoms with E-state index in [9.17, 15) is 4.79 Å². The van der Waals surface area contributed by atoms with Crippen LogP contribution in [0.15, 0.2) is 69.9 Å². The smallest absolute Gasteiger partial charge is 0.349 e. The van der Waals surface area contributed by atoms with Crippen LogP contribution in [0.25, 0.3) is 20.7 Å². The van der Waals surface area contributed by atoms with Crippen molar-refractivity contribution in [1.29, 1.82) is 0 Å². The second-order valence-electron chi connectivity index (χ2n) is 5.13. The minimum absolute atomic E-state index is 0.163. The van der Waals surface area contributed by atoms with Gasteiger partial charge in [-0.25, -0.2) is 4.79 Å². The Balaban J connectivity index is 1.74. The minimum Gasteiger partial charge on any atom is -0.388 e. The molecule has 0 amide bonds. The zero-order chi connectivity index (χ0) is 16.5. The molecule has 0 radical (unpaired) electrons. The highest BCUT2D eigenvalue weighted by Gasteiger charge is 2.12. The SMILES string of the molecule is O=c1oc(Nc2ccc(Cl)cc2)nc2sc(-c3ccccc3)cc12. The van der Waals surface area contributed by atoms with Crippen LogP contribution in [0.4, 0.5) is 11.7 Å². The number of benzene rings is 2. The van der Waals surface area contributed by atoms with Gasteiger partial charge in [-0.2, -0.15) is 4.98 Å². The summed E-state index contributed by atoms with van der Waals surface area (Å²) < 4.78 is 5.27. The molecule has 118 valence electrons. The van der Waals surface area contributed by atoms with Gasteiger partial charge in [-0.3, -0.25) is 0 Å². The molecule has 0 aliphatic rings. The van der Waals surface area contributed by atoms with Crippen LogP contribution in [-0.2, 0) is 0 Å². The average molecular weight is 355 g/mol. The fraction of sp³-hybridized carbons (Fsp3) is 0. The van der Waals surface area contributed by atoms with Gasteiger partial charge >= 0.3 is 11.6 Å². The third-order valence-corrected chi connectivity index (χ3v) is 4.81. The Bertz CT molecular complexity index is 1060. The average Bonchev–Trinajstić information content (AvgIpc) is 3.03. The fourth-order valence-electron chi connectivity index (χ4n) is 2.32. The molecular weight excluding hydrogens is 344 g/mol.